The van der Waals surface area contributed by atoms with Crippen molar-refractivity contribution >= 4 is 23.2 Å². The third-order valence-electron chi connectivity index (χ3n) is 4.25. The van der Waals surface area contributed by atoms with Crippen LogP contribution in [0.3, 0.4) is 0 Å². The smallest absolute Gasteiger partial charge is 0.291 e. The minimum atomic E-state index is -0.974. The van der Waals surface area contributed by atoms with Gasteiger partial charge in [-0.25, -0.2) is 9.67 Å². The molecule has 2 aromatic heterocycles. The highest BCUT2D eigenvalue weighted by atomic mass is 32.1. The van der Waals surface area contributed by atoms with E-state index in [-0.39, 0.29) is 5.82 Å². The number of thiophene rings is 1. The fourth-order valence-corrected chi connectivity index (χ4v) is 3.58. The quantitative estimate of drug-likeness (QED) is 0.517. The molecule has 2 aromatic carbocycles. The van der Waals surface area contributed by atoms with Gasteiger partial charge >= 0.3 is 0 Å². The Morgan fingerprint density at radius 2 is 1.66 bits per heavy atom. The number of hydrogen-bond acceptors (Lipinski definition) is 5. The second-order valence-corrected chi connectivity index (χ2v) is 7.15. The van der Waals surface area contributed by atoms with Crippen LogP contribution in [0.1, 0.15) is 22.2 Å². The Bertz CT molecular complexity index is 1120. The normalized spacial score (nSPS) is 11.7. The standard InChI is InChI=1S/C21H17N5O2S/c22-18(27)17(14-8-3-1-4-9-14)23-21(28)19-24-20(16-12-7-13-29-16)26(25-19)15-10-5-2-6-11-15/h1-13,17H,(H2,22,27)(H,23,28). The van der Waals surface area contributed by atoms with Crippen molar-refractivity contribution in [2.24, 2.45) is 5.73 Å². The Labute approximate surface area is 170 Å². The van der Waals surface area contributed by atoms with Gasteiger partial charge in [-0.15, -0.1) is 16.4 Å². The number of hydrogen-bond donors (Lipinski definition) is 2. The number of rotatable bonds is 6. The second kappa shape index (κ2) is 8.07. The van der Waals surface area contributed by atoms with Gasteiger partial charge in [0.05, 0.1) is 10.6 Å². The number of nitrogens with zero attached hydrogens (tertiary/aromatic N) is 3. The maximum absolute atomic E-state index is 12.8. The SMILES string of the molecule is NC(=O)C(NC(=O)c1nc(-c2cccs2)n(-c2ccccc2)n1)c1ccccc1. The first kappa shape index (κ1) is 18.6. The zero-order valence-corrected chi connectivity index (χ0v) is 16.0. The third-order valence-corrected chi connectivity index (χ3v) is 5.11. The van der Waals surface area contributed by atoms with E-state index in [4.69, 9.17) is 5.73 Å². The molecule has 8 heteroatoms. The number of benzene rings is 2. The maximum Gasteiger partial charge on any atom is 0.291 e. The molecule has 2 heterocycles. The Morgan fingerprint density at radius 3 is 2.28 bits per heavy atom. The first-order valence-electron chi connectivity index (χ1n) is 8.85. The van der Waals surface area contributed by atoms with Gasteiger partial charge in [0.1, 0.15) is 6.04 Å². The van der Waals surface area contributed by atoms with Gasteiger partial charge in [-0.05, 0) is 29.1 Å². The van der Waals surface area contributed by atoms with Crippen LogP contribution in [0.15, 0.2) is 78.2 Å². The van der Waals surface area contributed by atoms with Gasteiger partial charge in [-0.2, -0.15) is 0 Å². The summed E-state index contributed by atoms with van der Waals surface area (Å²) in [5.74, 6) is -0.734. The molecule has 3 N–H and O–H groups in total. The molecule has 0 radical (unpaired) electrons. The number of para-hydroxylation sites is 1. The number of carbonyl (C=O) groups excluding carboxylic acids is 2. The van der Waals surface area contributed by atoms with Gasteiger partial charge in [0.2, 0.25) is 11.7 Å². The average Bonchev–Trinajstić information content (AvgIpc) is 3.42. The van der Waals surface area contributed by atoms with E-state index in [2.05, 4.69) is 15.4 Å². The molecule has 7 nitrogen and oxygen atoms in total. The molecular formula is C21H17N5O2S. The number of carbonyl (C=O) groups is 2. The molecule has 0 aliphatic carbocycles. The summed E-state index contributed by atoms with van der Waals surface area (Å²) in [6.45, 7) is 0. The summed E-state index contributed by atoms with van der Waals surface area (Å²) in [5, 5.41) is 8.96. The van der Waals surface area contributed by atoms with E-state index in [1.54, 1.807) is 28.9 Å². The van der Waals surface area contributed by atoms with Crippen LogP contribution in [-0.4, -0.2) is 26.6 Å². The molecule has 0 aliphatic rings. The van der Waals surface area contributed by atoms with Gasteiger partial charge in [-0.1, -0.05) is 54.6 Å². The number of nitrogens with two attached hydrogens (primary N) is 1. The summed E-state index contributed by atoms with van der Waals surface area (Å²) < 4.78 is 1.61. The minimum absolute atomic E-state index is 0.0422. The zero-order valence-electron chi connectivity index (χ0n) is 15.2. The highest BCUT2D eigenvalue weighted by molar-refractivity contribution is 7.13. The largest absolute Gasteiger partial charge is 0.368 e. The number of aromatic nitrogens is 3. The van der Waals surface area contributed by atoms with Crippen LogP contribution in [0.5, 0.6) is 0 Å². The van der Waals surface area contributed by atoms with Crippen LogP contribution >= 0.6 is 11.3 Å². The van der Waals surface area contributed by atoms with Gasteiger partial charge < -0.3 is 11.1 Å². The van der Waals surface area contributed by atoms with Gasteiger partial charge in [0.15, 0.2) is 5.82 Å². The number of amides is 2. The molecule has 0 bridgehead atoms. The Hall–Kier alpha value is -3.78. The van der Waals surface area contributed by atoms with Crippen molar-refractivity contribution in [3.05, 3.63) is 89.6 Å². The fourth-order valence-electron chi connectivity index (χ4n) is 2.88. The molecule has 2 amide bonds. The highest BCUT2D eigenvalue weighted by Gasteiger charge is 2.25. The summed E-state index contributed by atoms with van der Waals surface area (Å²) in [5.41, 5.74) is 6.87. The fraction of sp³-hybridized carbons (Fsp3) is 0.0476. The molecule has 4 aromatic rings. The lowest BCUT2D eigenvalue weighted by Gasteiger charge is -2.14. The first-order chi connectivity index (χ1) is 14.1. The molecule has 0 aliphatic heterocycles. The predicted molar refractivity (Wildman–Crippen MR) is 111 cm³/mol. The van der Waals surface area contributed by atoms with Crippen LogP contribution in [0.4, 0.5) is 0 Å². The van der Waals surface area contributed by atoms with Crippen molar-refractivity contribution in [1.29, 1.82) is 0 Å². The van der Waals surface area contributed by atoms with E-state index in [1.165, 1.54) is 11.3 Å². The molecule has 0 saturated carbocycles. The van der Waals surface area contributed by atoms with E-state index in [0.717, 1.165) is 10.6 Å². The minimum Gasteiger partial charge on any atom is -0.368 e. The average molecular weight is 403 g/mol. The summed E-state index contributed by atoms with van der Waals surface area (Å²) in [6, 6.07) is 21.1. The zero-order chi connectivity index (χ0) is 20.2. The molecule has 0 spiro atoms. The molecule has 1 atom stereocenters. The Kier molecular flexibility index (Phi) is 5.17. The number of primary amides is 1. The predicted octanol–water partition coefficient (Wildman–Crippen LogP) is 2.95. The van der Waals surface area contributed by atoms with E-state index < -0.39 is 17.9 Å². The van der Waals surface area contributed by atoms with Crippen molar-refractivity contribution in [2.75, 3.05) is 0 Å². The molecular weight excluding hydrogens is 386 g/mol. The van der Waals surface area contributed by atoms with Crippen LogP contribution < -0.4 is 11.1 Å². The summed E-state index contributed by atoms with van der Waals surface area (Å²) >= 11 is 1.50. The lowest BCUT2D eigenvalue weighted by Crippen LogP contribution is -2.38. The number of nitrogens with one attached hydrogen (secondary N) is 1. The second-order valence-electron chi connectivity index (χ2n) is 6.20. The van der Waals surface area contributed by atoms with Gasteiger partial charge in [-0.3, -0.25) is 9.59 Å². The Balaban J connectivity index is 1.70. The monoisotopic (exact) mass is 403 g/mol. The van der Waals surface area contributed by atoms with Crippen LogP contribution in [0.25, 0.3) is 16.4 Å². The Morgan fingerprint density at radius 1 is 0.966 bits per heavy atom. The van der Waals surface area contributed by atoms with E-state index in [1.807, 2.05) is 53.9 Å². The van der Waals surface area contributed by atoms with Gasteiger partial charge in [0, 0.05) is 0 Å². The molecule has 144 valence electrons. The maximum atomic E-state index is 12.8. The van der Waals surface area contributed by atoms with Crippen molar-refractivity contribution in [3.63, 3.8) is 0 Å². The molecule has 1 unspecified atom stereocenters. The lowest BCUT2D eigenvalue weighted by atomic mass is 10.1. The van der Waals surface area contributed by atoms with Crippen LogP contribution in [0, 0.1) is 0 Å². The highest BCUT2D eigenvalue weighted by Crippen LogP contribution is 2.25. The van der Waals surface area contributed by atoms with E-state index in [9.17, 15) is 9.59 Å². The van der Waals surface area contributed by atoms with Crippen molar-refractivity contribution in [1.82, 2.24) is 20.1 Å². The van der Waals surface area contributed by atoms with Crippen molar-refractivity contribution < 1.29 is 9.59 Å². The first-order valence-corrected chi connectivity index (χ1v) is 9.73. The van der Waals surface area contributed by atoms with E-state index in [0.29, 0.717) is 11.4 Å². The van der Waals surface area contributed by atoms with Crippen LogP contribution in [-0.2, 0) is 4.79 Å². The van der Waals surface area contributed by atoms with Gasteiger partial charge in [0.25, 0.3) is 5.91 Å². The molecule has 29 heavy (non-hydrogen) atoms. The topological polar surface area (TPSA) is 103 Å². The van der Waals surface area contributed by atoms with Crippen molar-refractivity contribution in [2.45, 2.75) is 6.04 Å². The summed E-state index contributed by atoms with van der Waals surface area (Å²) in [4.78, 5) is 30.1. The van der Waals surface area contributed by atoms with Crippen LogP contribution in [0.2, 0.25) is 0 Å². The molecule has 0 fully saturated rings. The lowest BCUT2D eigenvalue weighted by molar-refractivity contribution is -0.120. The molecule has 4 rings (SSSR count). The third kappa shape index (κ3) is 3.92. The van der Waals surface area contributed by atoms with Crippen molar-refractivity contribution in [3.8, 4) is 16.4 Å². The summed E-state index contributed by atoms with van der Waals surface area (Å²) in [6.07, 6.45) is 0. The summed E-state index contributed by atoms with van der Waals surface area (Å²) in [7, 11) is 0. The van der Waals surface area contributed by atoms with E-state index >= 15 is 0 Å². The molecule has 0 saturated heterocycles.